The lowest BCUT2D eigenvalue weighted by Gasteiger charge is -2.26. The second-order valence-corrected chi connectivity index (χ2v) is 22.7. The van der Waals surface area contributed by atoms with Crippen molar-refractivity contribution in [3.8, 4) is 0 Å². The van der Waals surface area contributed by atoms with Crippen LogP contribution in [0.4, 0.5) is 0 Å². The standard InChI is InChI=1S/C66H121NO8/c1-6-8-10-12-14-16-18-20-22-24-26-28-30-31-32-33-35-36-38-40-42-44-46-48-50-52-54-56-63(68)73-60-62(61-74-66(65(70)71)72-59-58-67(3,4)5)75-64(69)57-55-53-51-49-47-45-43-41-39-37-34-29-27-25-23-21-19-17-15-13-11-9-7-2/h9,11,15,17,21,23,27,29,62,66H,6-8,10,12-14,16,18-20,22,24-26,28,30-61H2,1-5H3/b11-9-,17-15-,23-21-,29-27-. The molecule has 75 heavy (non-hydrogen) atoms. The van der Waals surface area contributed by atoms with Crippen molar-refractivity contribution in [3.63, 3.8) is 0 Å². The molecular weight excluding hydrogens is 935 g/mol. The van der Waals surface area contributed by atoms with Gasteiger partial charge in [-0.3, -0.25) is 9.59 Å². The summed E-state index contributed by atoms with van der Waals surface area (Å²) < 4.78 is 22.8. The highest BCUT2D eigenvalue weighted by Crippen LogP contribution is 2.18. The second-order valence-electron chi connectivity index (χ2n) is 22.7. The number of unbranched alkanes of at least 4 members (excludes halogenated alkanes) is 36. The number of nitrogens with zero attached hydrogens (tertiary/aromatic N) is 1. The molecule has 0 aromatic heterocycles. The summed E-state index contributed by atoms with van der Waals surface area (Å²) in [6, 6.07) is 0. The minimum absolute atomic E-state index is 0.147. The molecule has 0 saturated heterocycles. The summed E-state index contributed by atoms with van der Waals surface area (Å²) in [6.07, 6.45) is 68.9. The van der Waals surface area contributed by atoms with E-state index in [1.165, 1.54) is 193 Å². The van der Waals surface area contributed by atoms with E-state index in [9.17, 15) is 19.5 Å². The number of rotatable bonds is 59. The van der Waals surface area contributed by atoms with Crippen LogP contribution >= 0.6 is 0 Å². The predicted octanol–water partition coefficient (Wildman–Crippen LogP) is 17.7. The molecule has 0 aromatic rings. The van der Waals surface area contributed by atoms with E-state index in [1.54, 1.807) is 0 Å². The van der Waals surface area contributed by atoms with Crippen molar-refractivity contribution in [3.05, 3.63) is 48.6 Å². The molecule has 0 heterocycles. The Balaban J connectivity index is 4.15. The third-order valence-corrected chi connectivity index (χ3v) is 14.1. The van der Waals surface area contributed by atoms with Gasteiger partial charge in [0.2, 0.25) is 0 Å². The number of carboxylic acids is 1. The van der Waals surface area contributed by atoms with E-state index in [-0.39, 0.29) is 32.2 Å². The number of carbonyl (C=O) groups excluding carboxylic acids is 3. The van der Waals surface area contributed by atoms with Gasteiger partial charge in [0.05, 0.1) is 40.3 Å². The lowest BCUT2D eigenvalue weighted by Crippen LogP contribution is -2.44. The fraction of sp³-hybridized carbons (Fsp3) is 0.833. The lowest BCUT2D eigenvalue weighted by atomic mass is 10.0. The van der Waals surface area contributed by atoms with Gasteiger partial charge in [0.25, 0.3) is 0 Å². The summed E-state index contributed by atoms with van der Waals surface area (Å²) in [6.45, 7) is 4.68. The van der Waals surface area contributed by atoms with Gasteiger partial charge in [0.15, 0.2) is 12.4 Å². The van der Waals surface area contributed by atoms with Crippen molar-refractivity contribution >= 4 is 17.9 Å². The Hall–Kier alpha value is -2.75. The van der Waals surface area contributed by atoms with Crippen LogP contribution in [-0.2, 0) is 33.3 Å². The monoisotopic (exact) mass is 1060 g/mol. The van der Waals surface area contributed by atoms with Gasteiger partial charge in [-0.15, -0.1) is 0 Å². The number of ether oxygens (including phenoxy) is 4. The van der Waals surface area contributed by atoms with Crippen LogP contribution in [0.2, 0.25) is 0 Å². The zero-order chi connectivity index (χ0) is 54.8. The number of carboxylic acid groups (broad SMARTS) is 1. The van der Waals surface area contributed by atoms with Gasteiger partial charge < -0.3 is 33.3 Å². The van der Waals surface area contributed by atoms with Crippen molar-refractivity contribution in [2.45, 2.75) is 309 Å². The van der Waals surface area contributed by atoms with E-state index in [4.69, 9.17) is 18.9 Å². The molecule has 0 aliphatic heterocycles. The van der Waals surface area contributed by atoms with Gasteiger partial charge >= 0.3 is 11.9 Å². The van der Waals surface area contributed by atoms with Gasteiger partial charge in [-0.05, 0) is 51.4 Å². The second kappa shape index (κ2) is 57.4. The average molecular weight is 1060 g/mol. The molecule has 9 nitrogen and oxygen atoms in total. The van der Waals surface area contributed by atoms with Gasteiger partial charge in [0.1, 0.15) is 13.2 Å². The Morgan fingerprint density at radius 3 is 1.13 bits per heavy atom. The largest absolute Gasteiger partial charge is 0.545 e. The zero-order valence-corrected chi connectivity index (χ0v) is 49.9. The topological polar surface area (TPSA) is 111 Å². The molecule has 438 valence electrons. The van der Waals surface area contributed by atoms with Gasteiger partial charge in [-0.1, -0.05) is 281 Å². The van der Waals surface area contributed by atoms with E-state index >= 15 is 0 Å². The highest BCUT2D eigenvalue weighted by Gasteiger charge is 2.22. The molecule has 0 aromatic carbocycles. The number of quaternary nitrogens is 1. The first kappa shape index (κ1) is 72.2. The van der Waals surface area contributed by atoms with Crippen molar-refractivity contribution in [1.82, 2.24) is 0 Å². The van der Waals surface area contributed by atoms with E-state index in [0.29, 0.717) is 23.9 Å². The van der Waals surface area contributed by atoms with E-state index in [1.807, 2.05) is 21.1 Å². The highest BCUT2D eigenvalue weighted by atomic mass is 16.7. The van der Waals surface area contributed by atoms with Crippen LogP contribution in [-0.4, -0.2) is 82.3 Å². The first-order valence-electron chi connectivity index (χ1n) is 31.8. The van der Waals surface area contributed by atoms with Crippen LogP contribution in [0.1, 0.15) is 296 Å². The Morgan fingerprint density at radius 1 is 0.413 bits per heavy atom. The molecule has 0 fully saturated rings. The van der Waals surface area contributed by atoms with Crippen LogP contribution in [0.3, 0.4) is 0 Å². The molecule has 0 N–H and O–H groups in total. The minimum Gasteiger partial charge on any atom is -0.545 e. The number of likely N-dealkylation sites (N-methyl/N-ethyl adjacent to an activating group) is 1. The van der Waals surface area contributed by atoms with Crippen LogP contribution in [0.5, 0.6) is 0 Å². The number of hydrogen-bond acceptors (Lipinski definition) is 8. The maximum Gasteiger partial charge on any atom is 0.306 e. The molecule has 2 unspecified atom stereocenters. The smallest absolute Gasteiger partial charge is 0.306 e. The normalized spacial score (nSPS) is 13.0. The Kier molecular flexibility index (Phi) is 55.3. The molecule has 9 heteroatoms. The van der Waals surface area contributed by atoms with Gasteiger partial charge in [0, 0.05) is 12.8 Å². The van der Waals surface area contributed by atoms with Crippen LogP contribution in [0.25, 0.3) is 0 Å². The van der Waals surface area contributed by atoms with Crippen molar-refractivity contribution in [2.24, 2.45) is 0 Å². The number of carbonyl (C=O) groups is 3. The molecule has 0 spiro atoms. The SMILES string of the molecule is CC/C=C\C/C=C\C/C=C\C/C=C\CCCCCCCCCCCCC(=O)OC(COC(=O)CCCCCCCCCCCCCCCCCCCCCCCCCCCCC)COC(OCC[N+](C)(C)C)C(=O)[O-]. The Morgan fingerprint density at radius 2 is 0.760 bits per heavy atom. The van der Waals surface area contributed by atoms with Crippen molar-refractivity contribution in [2.75, 3.05) is 47.5 Å². The summed E-state index contributed by atoms with van der Waals surface area (Å²) >= 11 is 0. The maximum atomic E-state index is 12.9. The van der Waals surface area contributed by atoms with Crippen molar-refractivity contribution in [1.29, 1.82) is 0 Å². The minimum atomic E-state index is -1.62. The lowest BCUT2D eigenvalue weighted by molar-refractivity contribution is -0.870. The first-order valence-corrected chi connectivity index (χ1v) is 31.8. The quantitative estimate of drug-likeness (QED) is 0.0195. The van der Waals surface area contributed by atoms with Crippen LogP contribution < -0.4 is 5.11 Å². The predicted molar refractivity (Wildman–Crippen MR) is 315 cm³/mol. The van der Waals surface area contributed by atoms with E-state index in [2.05, 4.69) is 62.5 Å². The molecule has 0 aliphatic carbocycles. The van der Waals surface area contributed by atoms with E-state index in [0.717, 1.165) is 70.6 Å². The summed E-state index contributed by atoms with van der Waals surface area (Å²) in [5, 5.41) is 11.8. The molecule has 0 bridgehead atoms. The summed E-state index contributed by atoms with van der Waals surface area (Å²) in [7, 11) is 5.93. The third kappa shape index (κ3) is 58.8. The van der Waals surface area contributed by atoms with Gasteiger partial charge in [-0.25, -0.2) is 0 Å². The molecular formula is C66H121NO8. The number of aliphatic carboxylic acids is 1. The zero-order valence-electron chi connectivity index (χ0n) is 49.9. The Labute approximate surface area is 463 Å². The number of allylic oxidation sites excluding steroid dienone is 8. The van der Waals surface area contributed by atoms with Crippen LogP contribution in [0.15, 0.2) is 48.6 Å². The molecule has 0 rings (SSSR count). The van der Waals surface area contributed by atoms with Crippen molar-refractivity contribution < 1.29 is 42.9 Å². The summed E-state index contributed by atoms with van der Waals surface area (Å²) in [4.78, 5) is 37.4. The maximum absolute atomic E-state index is 12.9. The van der Waals surface area contributed by atoms with E-state index < -0.39 is 24.3 Å². The number of esters is 2. The van der Waals surface area contributed by atoms with Gasteiger partial charge in [-0.2, -0.15) is 0 Å². The van der Waals surface area contributed by atoms with Crippen LogP contribution in [0, 0.1) is 0 Å². The fourth-order valence-electron chi connectivity index (χ4n) is 9.24. The molecule has 2 atom stereocenters. The molecule has 0 saturated carbocycles. The molecule has 0 amide bonds. The molecule has 0 radical (unpaired) electrons. The summed E-state index contributed by atoms with van der Waals surface area (Å²) in [5.41, 5.74) is 0. The highest BCUT2D eigenvalue weighted by molar-refractivity contribution is 5.70. The first-order chi connectivity index (χ1) is 36.6. The summed E-state index contributed by atoms with van der Waals surface area (Å²) in [5.74, 6) is -2.27. The average Bonchev–Trinajstić information content (AvgIpc) is 3.38. The fourth-order valence-corrected chi connectivity index (χ4v) is 9.24. The number of hydrogen-bond donors (Lipinski definition) is 0. The Bertz CT molecular complexity index is 1370. The third-order valence-electron chi connectivity index (χ3n) is 14.1. The molecule has 0 aliphatic rings.